The number of ether oxygens (including phenoxy) is 1. The predicted octanol–water partition coefficient (Wildman–Crippen LogP) is 5.47. The lowest BCUT2D eigenvalue weighted by Gasteiger charge is -2.35. The van der Waals surface area contributed by atoms with Gasteiger partial charge in [-0.05, 0) is 54.7 Å². The first-order valence-corrected chi connectivity index (χ1v) is 9.02. The highest BCUT2D eigenvalue weighted by Crippen LogP contribution is 2.40. The van der Waals surface area contributed by atoms with E-state index in [2.05, 4.69) is 10.3 Å². The molecule has 0 spiro atoms. The fraction of sp³-hybridized carbons (Fsp3) is 0.286. The highest BCUT2D eigenvalue weighted by Gasteiger charge is 2.34. The van der Waals surface area contributed by atoms with E-state index in [4.69, 9.17) is 4.74 Å². The number of rotatable bonds is 4. The van der Waals surface area contributed by atoms with Crippen LogP contribution in [-0.2, 0) is 11.0 Å². The maximum atomic E-state index is 12.7. The van der Waals surface area contributed by atoms with Crippen LogP contribution in [0, 0.1) is 0 Å². The molecule has 28 heavy (non-hydrogen) atoms. The number of amides is 1. The second kappa shape index (κ2) is 6.89. The fourth-order valence-corrected chi connectivity index (χ4v) is 3.54. The van der Waals surface area contributed by atoms with E-state index in [0.717, 1.165) is 41.4 Å². The summed E-state index contributed by atoms with van der Waals surface area (Å²) in [6.07, 6.45) is -1.03. The maximum Gasteiger partial charge on any atom is 0.416 e. The van der Waals surface area contributed by atoms with Crippen molar-refractivity contribution in [3.63, 3.8) is 0 Å². The standard InChI is InChI=1S/C21H19F3N2O2/c1-12(27)26-20-11-25-19-7-6-16(10-18(19)20)28-17-8-14(9-17)13-2-4-15(5-3-13)21(22,23)24/h2-7,10-11,14,17,25H,8-9H2,1H3,(H,26,27). The molecule has 4 rings (SSSR count). The molecule has 0 bridgehead atoms. The molecule has 7 heteroatoms. The Morgan fingerprint density at radius 3 is 2.50 bits per heavy atom. The number of alkyl halides is 3. The topological polar surface area (TPSA) is 54.1 Å². The van der Waals surface area contributed by atoms with E-state index in [1.807, 2.05) is 18.2 Å². The lowest BCUT2D eigenvalue weighted by Crippen LogP contribution is -2.32. The number of fused-ring (bicyclic) bond motifs is 1. The van der Waals surface area contributed by atoms with Crippen molar-refractivity contribution >= 4 is 22.5 Å². The molecule has 0 radical (unpaired) electrons. The van der Waals surface area contributed by atoms with Gasteiger partial charge in [-0.1, -0.05) is 12.1 Å². The minimum Gasteiger partial charge on any atom is -0.490 e. The highest BCUT2D eigenvalue weighted by atomic mass is 19.4. The van der Waals surface area contributed by atoms with E-state index < -0.39 is 11.7 Å². The van der Waals surface area contributed by atoms with Crippen LogP contribution in [0.25, 0.3) is 10.9 Å². The summed E-state index contributed by atoms with van der Waals surface area (Å²) in [4.78, 5) is 14.4. The molecule has 0 aliphatic heterocycles. The first kappa shape index (κ1) is 18.4. The van der Waals surface area contributed by atoms with Crippen molar-refractivity contribution in [2.45, 2.75) is 38.0 Å². The summed E-state index contributed by atoms with van der Waals surface area (Å²) in [7, 11) is 0. The highest BCUT2D eigenvalue weighted by molar-refractivity contribution is 6.01. The number of anilines is 1. The average Bonchev–Trinajstić information content (AvgIpc) is 2.99. The monoisotopic (exact) mass is 388 g/mol. The van der Waals surface area contributed by atoms with Gasteiger partial charge >= 0.3 is 6.18 Å². The van der Waals surface area contributed by atoms with Crippen LogP contribution in [-0.4, -0.2) is 17.0 Å². The third-order valence-corrected chi connectivity index (χ3v) is 5.07. The van der Waals surface area contributed by atoms with Gasteiger partial charge in [0.1, 0.15) is 5.75 Å². The Hall–Kier alpha value is -2.96. The third-order valence-electron chi connectivity index (χ3n) is 5.07. The Morgan fingerprint density at radius 2 is 1.86 bits per heavy atom. The van der Waals surface area contributed by atoms with E-state index in [-0.39, 0.29) is 17.9 Å². The number of H-pyrrole nitrogens is 1. The van der Waals surface area contributed by atoms with E-state index in [1.165, 1.54) is 6.92 Å². The molecular weight excluding hydrogens is 369 g/mol. The quantitative estimate of drug-likeness (QED) is 0.623. The van der Waals surface area contributed by atoms with Crippen LogP contribution >= 0.6 is 0 Å². The van der Waals surface area contributed by atoms with Crippen molar-refractivity contribution in [3.8, 4) is 5.75 Å². The van der Waals surface area contributed by atoms with E-state index in [0.29, 0.717) is 11.4 Å². The normalized spacial score (nSPS) is 19.3. The van der Waals surface area contributed by atoms with Crippen molar-refractivity contribution in [2.24, 2.45) is 0 Å². The summed E-state index contributed by atoms with van der Waals surface area (Å²) in [5.74, 6) is 0.762. The van der Waals surface area contributed by atoms with Gasteiger partial charge in [-0.2, -0.15) is 13.2 Å². The number of hydrogen-bond acceptors (Lipinski definition) is 2. The number of nitrogens with one attached hydrogen (secondary N) is 2. The lowest BCUT2D eigenvalue weighted by atomic mass is 9.77. The SMILES string of the molecule is CC(=O)Nc1c[nH]c2ccc(OC3CC(c4ccc(C(F)(F)F)cc4)C3)cc12. The predicted molar refractivity (Wildman–Crippen MR) is 100 cm³/mol. The van der Waals surface area contributed by atoms with Crippen LogP contribution in [0.2, 0.25) is 0 Å². The number of aromatic amines is 1. The molecule has 1 aliphatic carbocycles. The molecule has 0 saturated heterocycles. The molecule has 146 valence electrons. The molecule has 2 aromatic carbocycles. The molecule has 2 N–H and O–H groups in total. The minimum absolute atomic E-state index is 0.0212. The first-order valence-electron chi connectivity index (χ1n) is 9.02. The van der Waals surface area contributed by atoms with Gasteiger partial charge in [0.05, 0.1) is 17.4 Å². The molecular formula is C21H19F3N2O2. The van der Waals surface area contributed by atoms with Crippen LogP contribution < -0.4 is 10.1 Å². The van der Waals surface area contributed by atoms with Crippen LogP contribution in [0.1, 0.15) is 36.8 Å². The molecule has 1 fully saturated rings. The molecule has 1 heterocycles. The van der Waals surface area contributed by atoms with Gasteiger partial charge in [0.2, 0.25) is 5.91 Å². The molecule has 0 unspecified atom stereocenters. The lowest BCUT2D eigenvalue weighted by molar-refractivity contribution is -0.137. The molecule has 1 aromatic heterocycles. The van der Waals surface area contributed by atoms with Crippen LogP contribution in [0.5, 0.6) is 5.75 Å². The summed E-state index contributed by atoms with van der Waals surface area (Å²) >= 11 is 0. The third kappa shape index (κ3) is 3.69. The number of carbonyl (C=O) groups excluding carboxylic acids is 1. The van der Waals surface area contributed by atoms with Gasteiger partial charge in [-0.3, -0.25) is 4.79 Å². The summed E-state index contributed by atoms with van der Waals surface area (Å²) in [6.45, 7) is 1.45. The van der Waals surface area contributed by atoms with Gasteiger partial charge < -0.3 is 15.0 Å². The summed E-state index contributed by atoms with van der Waals surface area (Å²) in [5, 5.41) is 3.64. The molecule has 1 saturated carbocycles. The Bertz CT molecular complexity index is 1000. The van der Waals surface area contributed by atoms with Crippen molar-refractivity contribution < 1.29 is 22.7 Å². The van der Waals surface area contributed by atoms with Crippen LogP contribution in [0.4, 0.5) is 18.9 Å². The largest absolute Gasteiger partial charge is 0.490 e. The molecule has 0 atom stereocenters. The number of carbonyl (C=O) groups is 1. The van der Waals surface area contributed by atoms with Crippen molar-refractivity contribution in [3.05, 3.63) is 59.8 Å². The molecule has 3 aromatic rings. The zero-order valence-corrected chi connectivity index (χ0v) is 15.1. The Morgan fingerprint density at radius 1 is 1.14 bits per heavy atom. The van der Waals surface area contributed by atoms with Gasteiger partial charge in [-0.25, -0.2) is 0 Å². The number of benzene rings is 2. The molecule has 1 amide bonds. The summed E-state index contributed by atoms with van der Waals surface area (Å²) in [5.41, 5.74) is 1.87. The molecule has 4 nitrogen and oxygen atoms in total. The van der Waals surface area contributed by atoms with Gasteiger partial charge in [0.25, 0.3) is 0 Å². The smallest absolute Gasteiger partial charge is 0.416 e. The zero-order valence-electron chi connectivity index (χ0n) is 15.1. The van der Waals surface area contributed by atoms with E-state index in [9.17, 15) is 18.0 Å². The number of aromatic nitrogens is 1. The fourth-order valence-electron chi connectivity index (χ4n) is 3.54. The van der Waals surface area contributed by atoms with Crippen molar-refractivity contribution in [2.75, 3.05) is 5.32 Å². The Labute approximate surface area is 159 Å². The van der Waals surface area contributed by atoms with Gasteiger partial charge in [0, 0.05) is 24.0 Å². The average molecular weight is 388 g/mol. The van der Waals surface area contributed by atoms with E-state index in [1.54, 1.807) is 18.3 Å². The van der Waals surface area contributed by atoms with Crippen molar-refractivity contribution in [1.29, 1.82) is 0 Å². The number of hydrogen-bond donors (Lipinski definition) is 2. The van der Waals surface area contributed by atoms with E-state index >= 15 is 0 Å². The van der Waals surface area contributed by atoms with Gasteiger partial charge in [-0.15, -0.1) is 0 Å². The Kier molecular flexibility index (Phi) is 4.53. The van der Waals surface area contributed by atoms with Crippen molar-refractivity contribution in [1.82, 2.24) is 4.98 Å². The minimum atomic E-state index is -4.31. The zero-order chi connectivity index (χ0) is 19.9. The maximum absolute atomic E-state index is 12.7. The number of halogens is 3. The summed E-state index contributed by atoms with van der Waals surface area (Å²) in [6, 6.07) is 11.0. The van der Waals surface area contributed by atoms with Gasteiger partial charge in [0.15, 0.2) is 0 Å². The summed E-state index contributed by atoms with van der Waals surface area (Å²) < 4.78 is 44.0. The van der Waals surface area contributed by atoms with Crippen LogP contribution in [0.3, 0.4) is 0 Å². The second-order valence-electron chi connectivity index (χ2n) is 7.12. The van der Waals surface area contributed by atoms with Crippen LogP contribution in [0.15, 0.2) is 48.7 Å². The second-order valence-corrected chi connectivity index (χ2v) is 7.12. The Balaban J connectivity index is 1.40. The first-order chi connectivity index (χ1) is 13.3. The molecule has 1 aliphatic rings.